The smallest absolute Gasteiger partial charge is 0.321 e. The Morgan fingerprint density at radius 2 is 1.69 bits per heavy atom. The second-order valence-corrected chi connectivity index (χ2v) is 6.38. The van der Waals surface area contributed by atoms with Crippen LogP contribution in [0, 0.1) is 0 Å². The first-order chi connectivity index (χ1) is 14.0. The van der Waals surface area contributed by atoms with E-state index in [4.69, 9.17) is 4.74 Å². The lowest BCUT2D eigenvalue weighted by Gasteiger charge is -2.26. The second kappa shape index (κ2) is 10.8. The molecule has 0 heterocycles. The van der Waals surface area contributed by atoms with Gasteiger partial charge >= 0.3 is 6.03 Å². The number of hydrogen-bond acceptors (Lipinski definition) is 4. The van der Waals surface area contributed by atoms with Gasteiger partial charge in [-0.15, -0.1) is 0 Å². The van der Waals surface area contributed by atoms with Crippen molar-refractivity contribution in [3.05, 3.63) is 60.2 Å². The molecule has 4 N–H and O–H groups in total. The number of urea groups is 1. The summed E-state index contributed by atoms with van der Waals surface area (Å²) in [6.45, 7) is 2.46. The standard InChI is InChI=1S/C21H26N4O4/c1-4-25(14-18(26)23-16-10-12-17(29-3)13-11-16)19(15-8-6-5-7-9-15)20(27)24-21(28)22-2/h5-13,19H,4,14H2,1-3H3,(H,23,26)(H2,22,24,27,28)/p+1/t19-/m0/s1. The third-order valence-corrected chi connectivity index (χ3v) is 4.48. The molecule has 0 saturated heterocycles. The fourth-order valence-electron chi connectivity index (χ4n) is 2.98. The summed E-state index contributed by atoms with van der Waals surface area (Å²) in [6.07, 6.45) is 0. The van der Waals surface area contributed by atoms with Gasteiger partial charge in [-0.05, 0) is 31.2 Å². The topological polar surface area (TPSA) is 101 Å². The molecule has 0 aliphatic rings. The third-order valence-electron chi connectivity index (χ3n) is 4.48. The zero-order valence-corrected chi connectivity index (χ0v) is 16.8. The maximum Gasteiger partial charge on any atom is 0.321 e. The summed E-state index contributed by atoms with van der Waals surface area (Å²) in [5.41, 5.74) is 1.36. The largest absolute Gasteiger partial charge is 0.497 e. The molecule has 29 heavy (non-hydrogen) atoms. The van der Waals surface area contributed by atoms with Gasteiger partial charge in [-0.1, -0.05) is 30.3 Å². The molecule has 0 aromatic heterocycles. The zero-order valence-electron chi connectivity index (χ0n) is 16.8. The minimum Gasteiger partial charge on any atom is -0.497 e. The van der Waals surface area contributed by atoms with Gasteiger partial charge in [0.25, 0.3) is 11.8 Å². The van der Waals surface area contributed by atoms with Gasteiger partial charge in [0.2, 0.25) is 0 Å². The van der Waals surface area contributed by atoms with Crippen LogP contribution in [0.1, 0.15) is 18.5 Å². The molecule has 0 radical (unpaired) electrons. The molecular formula is C21H27N4O4+. The molecular weight excluding hydrogens is 372 g/mol. The van der Waals surface area contributed by atoms with Crippen molar-refractivity contribution in [2.75, 3.05) is 32.6 Å². The molecule has 154 valence electrons. The highest BCUT2D eigenvalue weighted by molar-refractivity contribution is 5.97. The molecule has 0 bridgehead atoms. The Morgan fingerprint density at radius 1 is 1.03 bits per heavy atom. The maximum absolute atomic E-state index is 12.8. The van der Waals surface area contributed by atoms with E-state index in [1.807, 2.05) is 37.3 Å². The van der Waals surface area contributed by atoms with Gasteiger partial charge < -0.3 is 20.3 Å². The number of anilines is 1. The lowest BCUT2D eigenvalue weighted by Crippen LogP contribution is -3.14. The summed E-state index contributed by atoms with van der Waals surface area (Å²) in [5.74, 6) is -0.0100. The van der Waals surface area contributed by atoms with E-state index >= 15 is 0 Å². The summed E-state index contributed by atoms with van der Waals surface area (Å²) in [5, 5.41) is 7.52. The molecule has 2 aromatic carbocycles. The first kappa shape index (κ1) is 21.9. The van der Waals surface area contributed by atoms with Gasteiger partial charge in [-0.25, -0.2) is 4.79 Å². The number of rotatable bonds is 8. The summed E-state index contributed by atoms with van der Waals surface area (Å²) in [6, 6.07) is 14.8. The number of amides is 4. The predicted molar refractivity (Wildman–Crippen MR) is 110 cm³/mol. The Kier molecular flexibility index (Phi) is 8.17. The number of methoxy groups -OCH3 is 1. The van der Waals surface area contributed by atoms with E-state index in [0.717, 1.165) is 5.56 Å². The fraction of sp³-hybridized carbons (Fsp3) is 0.286. The molecule has 2 rings (SSSR count). The van der Waals surface area contributed by atoms with Crippen LogP contribution in [0.15, 0.2) is 54.6 Å². The molecule has 2 atom stereocenters. The van der Waals surface area contributed by atoms with Gasteiger partial charge in [0, 0.05) is 18.3 Å². The molecule has 0 saturated carbocycles. The number of benzene rings is 2. The van der Waals surface area contributed by atoms with Crippen molar-refractivity contribution in [3.63, 3.8) is 0 Å². The molecule has 0 spiro atoms. The van der Waals surface area contributed by atoms with Crippen molar-refractivity contribution < 1.29 is 24.0 Å². The highest BCUT2D eigenvalue weighted by Crippen LogP contribution is 2.15. The Morgan fingerprint density at radius 3 is 2.24 bits per heavy atom. The van der Waals surface area contributed by atoms with Gasteiger partial charge in [-0.3, -0.25) is 14.9 Å². The Labute approximate surface area is 170 Å². The van der Waals surface area contributed by atoms with Gasteiger partial charge in [0.15, 0.2) is 12.6 Å². The number of imide groups is 1. The van der Waals surface area contributed by atoms with Crippen LogP contribution < -0.4 is 25.6 Å². The van der Waals surface area contributed by atoms with Crippen LogP contribution in [0.5, 0.6) is 5.75 Å². The quantitative estimate of drug-likeness (QED) is 0.526. The molecule has 0 aliphatic heterocycles. The first-order valence-electron chi connectivity index (χ1n) is 9.34. The van der Waals surface area contributed by atoms with Crippen molar-refractivity contribution in [2.45, 2.75) is 13.0 Å². The molecule has 8 heteroatoms. The van der Waals surface area contributed by atoms with E-state index < -0.39 is 18.0 Å². The Balaban J connectivity index is 2.16. The van der Waals surface area contributed by atoms with E-state index in [9.17, 15) is 14.4 Å². The Hall–Kier alpha value is -3.39. The summed E-state index contributed by atoms with van der Waals surface area (Å²) < 4.78 is 5.11. The molecule has 2 aromatic rings. The highest BCUT2D eigenvalue weighted by Gasteiger charge is 2.33. The number of hydrogen-bond donors (Lipinski definition) is 4. The summed E-state index contributed by atoms with van der Waals surface area (Å²) >= 11 is 0. The number of quaternary nitrogens is 1. The lowest BCUT2D eigenvalue weighted by atomic mass is 10.0. The van der Waals surface area contributed by atoms with Crippen molar-refractivity contribution in [3.8, 4) is 5.75 Å². The normalized spacial score (nSPS) is 12.4. The number of nitrogens with one attached hydrogen (secondary N) is 4. The van der Waals surface area contributed by atoms with E-state index in [1.54, 1.807) is 31.4 Å². The summed E-state index contributed by atoms with van der Waals surface area (Å²) in [7, 11) is 3.01. The average molecular weight is 399 g/mol. The fourth-order valence-corrected chi connectivity index (χ4v) is 2.98. The van der Waals surface area contributed by atoms with Gasteiger partial charge in [0.05, 0.1) is 13.7 Å². The van der Waals surface area contributed by atoms with E-state index in [-0.39, 0.29) is 12.5 Å². The minimum atomic E-state index is -0.708. The van der Waals surface area contributed by atoms with Gasteiger partial charge in [0.1, 0.15) is 5.75 Å². The Bertz CT molecular complexity index is 824. The number of carbonyl (C=O) groups is 3. The van der Waals surface area contributed by atoms with Crippen LogP contribution in [0.4, 0.5) is 10.5 Å². The van der Waals surface area contributed by atoms with Crippen molar-refractivity contribution in [1.29, 1.82) is 0 Å². The summed E-state index contributed by atoms with van der Waals surface area (Å²) in [4.78, 5) is 37.7. The maximum atomic E-state index is 12.8. The second-order valence-electron chi connectivity index (χ2n) is 6.38. The minimum absolute atomic E-state index is 0.0588. The molecule has 4 amide bonds. The molecule has 1 unspecified atom stereocenters. The lowest BCUT2D eigenvalue weighted by molar-refractivity contribution is -0.912. The first-order valence-corrected chi connectivity index (χ1v) is 9.34. The predicted octanol–water partition coefficient (Wildman–Crippen LogP) is 0.735. The van der Waals surface area contributed by atoms with Crippen LogP contribution in [0.2, 0.25) is 0 Å². The third kappa shape index (κ3) is 6.32. The van der Waals surface area contributed by atoms with Crippen LogP contribution >= 0.6 is 0 Å². The molecule has 0 fully saturated rings. The van der Waals surface area contributed by atoms with E-state index in [1.165, 1.54) is 7.05 Å². The van der Waals surface area contributed by atoms with Crippen LogP contribution in [0.3, 0.4) is 0 Å². The number of ether oxygens (including phenoxy) is 1. The SMILES string of the molecule is CC[NH+](CC(=O)Nc1ccc(OC)cc1)[C@H](C(=O)NC(=O)NC)c1ccccc1. The average Bonchev–Trinajstić information content (AvgIpc) is 2.74. The molecule has 8 nitrogen and oxygen atoms in total. The molecule has 0 aliphatic carbocycles. The highest BCUT2D eigenvalue weighted by atomic mass is 16.5. The number of likely N-dealkylation sites (N-methyl/N-ethyl adjacent to an activating group) is 1. The van der Waals surface area contributed by atoms with Crippen molar-refractivity contribution in [2.24, 2.45) is 0 Å². The van der Waals surface area contributed by atoms with E-state index in [0.29, 0.717) is 22.9 Å². The van der Waals surface area contributed by atoms with Crippen LogP contribution in [0.25, 0.3) is 0 Å². The monoisotopic (exact) mass is 399 g/mol. The van der Waals surface area contributed by atoms with E-state index in [2.05, 4.69) is 16.0 Å². The number of carbonyl (C=O) groups excluding carboxylic acids is 3. The zero-order chi connectivity index (χ0) is 21.2. The van der Waals surface area contributed by atoms with Crippen LogP contribution in [-0.4, -0.2) is 45.1 Å². The van der Waals surface area contributed by atoms with Crippen molar-refractivity contribution >= 4 is 23.5 Å². The van der Waals surface area contributed by atoms with Gasteiger partial charge in [-0.2, -0.15) is 0 Å². The van der Waals surface area contributed by atoms with Crippen LogP contribution in [-0.2, 0) is 9.59 Å². The van der Waals surface area contributed by atoms with Crippen molar-refractivity contribution in [1.82, 2.24) is 10.6 Å².